The van der Waals surface area contributed by atoms with Gasteiger partial charge in [0.05, 0.1) is 19.4 Å². The molecule has 0 aliphatic rings. The van der Waals surface area contributed by atoms with E-state index in [0.29, 0.717) is 31.2 Å². The lowest BCUT2D eigenvalue weighted by molar-refractivity contribution is 0.275. The van der Waals surface area contributed by atoms with E-state index >= 15 is 0 Å². The molecule has 1 aromatic carbocycles. The van der Waals surface area contributed by atoms with Crippen molar-refractivity contribution in [2.75, 3.05) is 30.9 Å². The second-order valence-corrected chi connectivity index (χ2v) is 7.42. The smallest absolute Gasteiger partial charge is 0.222 e. The quantitative estimate of drug-likeness (QED) is 0.398. The molecule has 0 fully saturated rings. The lowest BCUT2D eigenvalue weighted by atomic mass is 10.1. The van der Waals surface area contributed by atoms with Crippen molar-refractivity contribution in [1.29, 1.82) is 0 Å². The van der Waals surface area contributed by atoms with Crippen LogP contribution in [0.25, 0.3) is 0 Å². The van der Waals surface area contributed by atoms with Crippen LogP contribution in [0.15, 0.2) is 24.4 Å². The molecule has 1 atom stereocenters. The van der Waals surface area contributed by atoms with E-state index < -0.39 is 0 Å². The molecule has 0 bridgehead atoms. The van der Waals surface area contributed by atoms with Crippen LogP contribution in [0.5, 0.6) is 11.5 Å². The maximum absolute atomic E-state index is 9.35. The average molecular weight is 417 g/mol. The summed E-state index contributed by atoms with van der Waals surface area (Å²) >= 11 is 0. The van der Waals surface area contributed by atoms with Crippen LogP contribution in [0.4, 0.5) is 11.8 Å². The summed E-state index contributed by atoms with van der Waals surface area (Å²) in [4.78, 5) is 8.38. The molecule has 0 aliphatic carbocycles. The number of anilines is 2. The lowest BCUT2D eigenvalue weighted by Crippen LogP contribution is -2.22. The third kappa shape index (κ3) is 7.71. The molecule has 0 saturated carbocycles. The highest BCUT2D eigenvalue weighted by atomic mass is 16.5. The number of nitrogens with zero attached hydrogens (tertiary/aromatic N) is 2. The Kier molecular flexibility index (Phi) is 10.2. The molecule has 0 spiro atoms. The predicted octanol–water partition coefficient (Wildman–Crippen LogP) is 4.13. The highest BCUT2D eigenvalue weighted by molar-refractivity contribution is 5.51. The zero-order valence-corrected chi connectivity index (χ0v) is 18.5. The Balaban J connectivity index is 1.94. The Morgan fingerprint density at radius 1 is 1.13 bits per heavy atom. The number of nitrogen functional groups attached to an aromatic ring is 1. The van der Waals surface area contributed by atoms with Gasteiger partial charge in [-0.1, -0.05) is 31.9 Å². The van der Waals surface area contributed by atoms with Crippen molar-refractivity contribution < 1.29 is 14.6 Å². The SMILES string of the molecule is CCCC[C@@H](CCO)Nc1nc(N)ncc1OCCCc1ccc(C)c(OCC)c1. The van der Waals surface area contributed by atoms with Crippen molar-refractivity contribution in [3.05, 3.63) is 35.5 Å². The number of nitrogens with two attached hydrogens (primary N) is 1. The summed E-state index contributed by atoms with van der Waals surface area (Å²) in [7, 11) is 0. The number of aliphatic hydroxyl groups is 1. The summed E-state index contributed by atoms with van der Waals surface area (Å²) in [6.45, 7) is 7.53. The lowest BCUT2D eigenvalue weighted by Gasteiger charge is -2.20. The Hall–Kier alpha value is -2.54. The molecule has 7 nitrogen and oxygen atoms in total. The number of aromatic nitrogens is 2. The van der Waals surface area contributed by atoms with Gasteiger partial charge in [-0.05, 0) is 56.7 Å². The Morgan fingerprint density at radius 2 is 1.97 bits per heavy atom. The number of unbranched alkanes of at least 4 members (excludes halogenated alkanes) is 1. The van der Waals surface area contributed by atoms with Crippen molar-refractivity contribution in [1.82, 2.24) is 9.97 Å². The third-order valence-electron chi connectivity index (χ3n) is 4.92. The summed E-state index contributed by atoms with van der Waals surface area (Å²) in [5.74, 6) is 2.32. The fraction of sp³-hybridized carbons (Fsp3) is 0.565. The van der Waals surface area contributed by atoms with Gasteiger partial charge in [0.25, 0.3) is 0 Å². The number of hydrogen-bond acceptors (Lipinski definition) is 7. The number of aliphatic hydroxyl groups excluding tert-OH is 1. The second kappa shape index (κ2) is 12.9. The summed E-state index contributed by atoms with van der Waals surface area (Å²) in [5, 5.41) is 12.7. The molecule has 1 heterocycles. The molecule has 2 rings (SSSR count). The van der Waals surface area contributed by atoms with E-state index in [1.165, 1.54) is 5.56 Å². The molecule has 0 saturated heterocycles. The van der Waals surface area contributed by atoms with E-state index in [0.717, 1.165) is 43.4 Å². The zero-order valence-electron chi connectivity index (χ0n) is 18.5. The van der Waals surface area contributed by atoms with E-state index in [2.05, 4.69) is 47.3 Å². The number of ether oxygens (including phenoxy) is 2. The molecule has 0 unspecified atom stereocenters. The van der Waals surface area contributed by atoms with Crippen molar-refractivity contribution in [2.45, 2.75) is 65.3 Å². The average Bonchev–Trinajstić information content (AvgIpc) is 2.73. The van der Waals surface area contributed by atoms with Gasteiger partial charge in [-0.2, -0.15) is 4.98 Å². The van der Waals surface area contributed by atoms with Crippen molar-refractivity contribution in [3.63, 3.8) is 0 Å². The first-order valence-corrected chi connectivity index (χ1v) is 10.9. The van der Waals surface area contributed by atoms with Crippen molar-refractivity contribution in [2.24, 2.45) is 0 Å². The predicted molar refractivity (Wildman–Crippen MR) is 121 cm³/mol. The first-order valence-electron chi connectivity index (χ1n) is 10.9. The second-order valence-electron chi connectivity index (χ2n) is 7.42. The van der Waals surface area contributed by atoms with E-state index in [4.69, 9.17) is 15.2 Å². The van der Waals surface area contributed by atoms with E-state index in [-0.39, 0.29) is 18.6 Å². The molecule has 166 valence electrons. The Labute approximate surface area is 180 Å². The molecule has 0 aliphatic heterocycles. The molecule has 2 aromatic rings. The Morgan fingerprint density at radius 3 is 2.70 bits per heavy atom. The van der Waals surface area contributed by atoms with Gasteiger partial charge in [0.1, 0.15) is 5.75 Å². The van der Waals surface area contributed by atoms with Crippen LogP contribution in [0.3, 0.4) is 0 Å². The third-order valence-corrected chi connectivity index (χ3v) is 4.92. The number of benzene rings is 1. The van der Waals surface area contributed by atoms with Crippen molar-refractivity contribution in [3.8, 4) is 11.5 Å². The highest BCUT2D eigenvalue weighted by Gasteiger charge is 2.14. The van der Waals surface area contributed by atoms with E-state index in [1.807, 2.05) is 6.92 Å². The summed E-state index contributed by atoms with van der Waals surface area (Å²) in [6.07, 6.45) is 7.14. The molecule has 1 aromatic heterocycles. The number of aryl methyl sites for hydroxylation is 2. The fourth-order valence-corrected chi connectivity index (χ4v) is 3.25. The molecule has 0 radical (unpaired) electrons. The van der Waals surface area contributed by atoms with Gasteiger partial charge in [-0.25, -0.2) is 4.98 Å². The number of hydrogen-bond donors (Lipinski definition) is 3. The minimum absolute atomic E-state index is 0.121. The fourth-order valence-electron chi connectivity index (χ4n) is 3.25. The van der Waals surface area contributed by atoms with Gasteiger partial charge in [0.2, 0.25) is 5.95 Å². The standard InChI is InChI=1S/C23H36N4O3/c1-4-6-9-19(12-13-28)26-22-21(16-25-23(24)27-22)30-14-7-8-18-11-10-17(3)20(15-18)29-5-2/h10-11,15-16,19,28H,4-9,12-14H2,1-3H3,(H3,24,25,26,27)/t19-/m0/s1. The molecule has 0 amide bonds. The van der Waals surface area contributed by atoms with Crippen LogP contribution in [0.2, 0.25) is 0 Å². The number of rotatable bonds is 14. The highest BCUT2D eigenvalue weighted by Crippen LogP contribution is 2.25. The van der Waals surface area contributed by atoms with Crippen LogP contribution in [-0.4, -0.2) is 40.9 Å². The van der Waals surface area contributed by atoms with E-state index in [1.54, 1.807) is 6.20 Å². The first-order chi connectivity index (χ1) is 14.6. The van der Waals surface area contributed by atoms with Crippen LogP contribution in [0, 0.1) is 6.92 Å². The summed E-state index contributed by atoms with van der Waals surface area (Å²) < 4.78 is 11.6. The van der Waals surface area contributed by atoms with Gasteiger partial charge < -0.3 is 25.6 Å². The van der Waals surface area contributed by atoms with Gasteiger partial charge in [0.15, 0.2) is 11.6 Å². The molecule has 4 N–H and O–H groups in total. The minimum Gasteiger partial charge on any atom is -0.494 e. The number of nitrogens with one attached hydrogen (secondary N) is 1. The monoisotopic (exact) mass is 416 g/mol. The normalized spacial score (nSPS) is 11.9. The zero-order chi connectivity index (χ0) is 21.8. The van der Waals surface area contributed by atoms with Crippen molar-refractivity contribution >= 4 is 11.8 Å². The maximum atomic E-state index is 9.35. The van der Waals surface area contributed by atoms with Gasteiger partial charge in [-0.3, -0.25) is 0 Å². The largest absolute Gasteiger partial charge is 0.494 e. The van der Waals surface area contributed by atoms with Crippen LogP contribution in [-0.2, 0) is 6.42 Å². The van der Waals surface area contributed by atoms with Crippen LogP contribution in [0.1, 0.15) is 57.1 Å². The summed E-state index contributed by atoms with van der Waals surface area (Å²) in [6, 6.07) is 6.45. The topological polar surface area (TPSA) is 103 Å². The summed E-state index contributed by atoms with van der Waals surface area (Å²) in [5.41, 5.74) is 8.15. The molecular weight excluding hydrogens is 380 g/mol. The molecular formula is C23H36N4O3. The van der Waals surface area contributed by atoms with E-state index in [9.17, 15) is 5.11 Å². The maximum Gasteiger partial charge on any atom is 0.222 e. The van der Waals surface area contributed by atoms with Gasteiger partial charge in [-0.15, -0.1) is 0 Å². The molecule has 7 heteroatoms. The van der Waals surface area contributed by atoms with Gasteiger partial charge >= 0.3 is 0 Å². The Bertz CT molecular complexity index is 770. The van der Waals surface area contributed by atoms with Gasteiger partial charge in [0, 0.05) is 12.6 Å². The minimum atomic E-state index is 0.121. The first kappa shape index (κ1) is 23.7. The van der Waals surface area contributed by atoms with Crippen LogP contribution < -0.4 is 20.5 Å². The molecule has 30 heavy (non-hydrogen) atoms. The van der Waals surface area contributed by atoms with Crippen LogP contribution >= 0.6 is 0 Å².